The lowest BCUT2D eigenvalue weighted by Crippen LogP contribution is -2.23. The highest BCUT2D eigenvalue weighted by atomic mass is 32.1. The van der Waals surface area contributed by atoms with Crippen LogP contribution in [0.4, 0.5) is 4.39 Å². The third-order valence-corrected chi connectivity index (χ3v) is 4.51. The van der Waals surface area contributed by atoms with Crippen LogP contribution in [0, 0.1) is 12.7 Å². The fraction of sp³-hybridized carbons (Fsp3) is 0.400. The number of halogens is 1. The van der Waals surface area contributed by atoms with Gasteiger partial charge in [0.05, 0.1) is 11.8 Å². The van der Waals surface area contributed by atoms with Gasteiger partial charge in [0.25, 0.3) is 0 Å². The van der Waals surface area contributed by atoms with Crippen LogP contribution in [0.1, 0.15) is 28.6 Å². The number of aliphatic hydroxyl groups excluding tert-OH is 1. The molecule has 5 heteroatoms. The van der Waals surface area contributed by atoms with Crippen molar-refractivity contribution in [1.82, 2.24) is 9.27 Å². The summed E-state index contributed by atoms with van der Waals surface area (Å²) in [4.78, 5) is 3.38. The molecule has 3 nitrogen and oxygen atoms in total. The molecule has 2 heterocycles. The molecule has 1 aromatic heterocycles. The Morgan fingerprint density at radius 2 is 2.30 bits per heavy atom. The minimum atomic E-state index is -0.350. The number of benzene rings is 1. The Labute approximate surface area is 121 Å². The maximum atomic E-state index is 13.4. The number of hydrogen-bond donors (Lipinski definition) is 1. The van der Waals surface area contributed by atoms with Crippen molar-refractivity contribution in [1.29, 1.82) is 0 Å². The molecule has 1 fully saturated rings. The van der Waals surface area contributed by atoms with Crippen molar-refractivity contribution < 1.29 is 9.50 Å². The molecule has 0 bridgehead atoms. The van der Waals surface area contributed by atoms with Crippen LogP contribution in [0.3, 0.4) is 0 Å². The van der Waals surface area contributed by atoms with Crippen LogP contribution in [0.25, 0.3) is 0 Å². The van der Waals surface area contributed by atoms with Crippen molar-refractivity contribution in [3.8, 4) is 0 Å². The zero-order chi connectivity index (χ0) is 14.1. The van der Waals surface area contributed by atoms with Crippen LogP contribution in [0.5, 0.6) is 0 Å². The molecule has 2 aromatic rings. The highest BCUT2D eigenvalue weighted by Gasteiger charge is 2.32. The smallest absolute Gasteiger partial charge is 0.123 e. The SMILES string of the molecule is Cc1cc(CN2CC(O)CC2c2cccc(F)c2)sn1. The van der Waals surface area contributed by atoms with E-state index in [1.54, 1.807) is 12.1 Å². The van der Waals surface area contributed by atoms with E-state index in [-0.39, 0.29) is 18.0 Å². The van der Waals surface area contributed by atoms with E-state index in [0.717, 1.165) is 17.8 Å². The molecule has 3 rings (SSSR count). The molecule has 0 radical (unpaired) electrons. The third-order valence-electron chi connectivity index (χ3n) is 3.65. The van der Waals surface area contributed by atoms with Gasteiger partial charge in [-0.1, -0.05) is 12.1 Å². The van der Waals surface area contributed by atoms with E-state index in [9.17, 15) is 9.50 Å². The number of rotatable bonds is 3. The van der Waals surface area contributed by atoms with Gasteiger partial charge in [-0.05, 0) is 48.6 Å². The van der Waals surface area contributed by atoms with Crippen molar-refractivity contribution in [3.63, 3.8) is 0 Å². The van der Waals surface area contributed by atoms with E-state index in [4.69, 9.17) is 0 Å². The van der Waals surface area contributed by atoms with E-state index < -0.39 is 0 Å². The molecule has 1 aliphatic heterocycles. The summed E-state index contributed by atoms with van der Waals surface area (Å²) in [6, 6.07) is 8.81. The Balaban J connectivity index is 1.81. The standard InChI is InChI=1S/C15H17FN2OS/c1-10-5-14(20-17-10)9-18-8-13(19)7-15(18)11-3-2-4-12(16)6-11/h2-6,13,15,19H,7-9H2,1H3. The van der Waals surface area contributed by atoms with Crippen LogP contribution in [0.15, 0.2) is 30.3 Å². The van der Waals surface area contributed by atoms with Crippen molar-refractivity contribution in [2.24, 2.45) is 0 Å². The summed E-state index contributed by atoms with van der Waals surface area (Å²) in [6.07, 6.45) is 0.304. The van der Waals surface area contributed by atoms with E-state index in [0.29, 0.717) is 13.0 Å². The van der Waals surface area contributed by atoms with Crippen LogP contribution in [-0.2, 0) is 6.54 Å². The molecular formula is C15H17FN2OS. The first-order chi connectivity index (χ1) is 9.61. The molecule has 0 spiro atoms. The molecule has 2 atom stereocenters. The lowest BCUT2D eigenvalue weighted by Gasteiger charge is -2.23. The average Bonchev–Trinajstić information content (AvgIpc) is 2.96. The van der Waals surface area contributed by atoms with Crippen molar-refractivity contribution in [2.75, 3.05) is 6.54 Å². The first-order valence-electron chi connectivity index (χ1n) is 6.71. The first kappa shape index (κ1) is 13.7. The van der Waals surface area contributed by atoms with Gasteiger partial charge in [-0.2, -0.15) is 4.37 Å². The molecule has 1 N–H and O–H groups in total. The lowest BCUT2D eigenvalue weighted by atomic mass is 10.0. The van der Waals surface area contributed by atoms with Gasteiger partial charge in [0, 0.05) is 24.0 Å². The van der Waals surface area contributed by atoms with Crippen LogP contribution < -0.4 is 0 Å². The summed E-state index contributed by atoms with van der Waals surface area (Å²) in [7, 11) is 0. The number of likely N-dealkylation sites (tertiary alicyclic amines) is 1. The Bertz CT molecular complexity index is 601. The summed E-state index contributed by atoms with van der Waals surface area (Å²) >= 11 is 1.49. The van der Waals surface area contributed by atoms with Gasteiger partial charge in [-0.25, -0.2) is 4.39 Å². The highest BCUT2D eigenvalue weighted by molar-refractivity contribution is 7.05. The highest BCUT2D eigenvalue weighted by Crippen LogP contribution is 2.34. The monoisotopic (exact) mass is 292 g/mol. The first-order valence-corrected chi connectivity index (χ1v) is 7.49. The van der Waals surface area contributed by atoms with Crippen molar-refractivity contribution >= 4 is 11.5 Å². The van der Waals surface area contributed by atoms with Gasteiger partial charge in [0.1, 0.15) is 5.82 Å². The minimum Gasteiger partial charge on any atom is -0.392 e. The molecule has 2 unspecified atom stereocenters. The molecule has 20 heavy (non-hydrogen) atoms. The molecule has 0 amide bonds. The molecule has 0 aliphatic carbocycles. The summed E-state index contributed by atoms with van der Waals surface area (Å²) in [5, 5.41) is 9.94. The zero-order valence-corrected chi connectivity index (χ0v) is 12.1. The topological polar surface area (TPSA) is 36.4 Å². The molecule has 1 saturated heterocycles. The van der Waals surface area contributed by atoms with Crippen LogP contribution in [0.2, 0.25) is 0 Å². The number of aryl methyl sites for hydroxylation is 1. The fourth-order valence-corrected chi connectivity index (χ4v) is 3.57. The predicted molar refractivity (Wildman–Crippen MR) is 77.0 cm³/mol. The zero-order valence-electron chi connectivity index (χ0n) is 11.3. The van der Waals surface area contributed by atoms with E-state index >= 15 is 0 Å². The maximum Gasteiger partial charge on any atom is 0.123 e. The van der Waals surface area contributed by atoms with Gasteiger partial charge in [-0.3, -0.25) is 4.90 Å². The number of aromatic nitrogens is 1. The summed E-state index contributed by atoms with van der Waals surface area (Å²) < 4.78 is 17.7. The fourth-order valence-electron chi connectivity index (χ4n) is 2.81. The van der Waals surface area contributed by atoms with Gasteiger partial charge < -0.3 is 5.11 Å². The van der Waals surface area contributed by atoms with Crippen LogP contribution >= 0.6 is 11.5 Å². The molecular weight excluding hydrogens is 275 g/mol. The van der Waals surface area contributed by atoms with E-state index in [2.05, 4.69) is 15.3 Å². The Morgan fingerprint density at radius 3 is 3.00 bits per heavy atom. The van der Waals surface area contributed by atoms with E-state index in [1.165, 1.54) is 22.5 Å². The Hall–Kier alpha value is -1.30. The molecule has 1 aromatic carbocycles. The maximum absolute atomic E-state index is 13.4. The largest absolute Gasteiger partial charge is 0.392 e. The molecule has 0 saturated carbocycles. The average molecular weight is 292 g/mol. The number of nitrogens with zero attached hydrogens (tertiary/aromatic N) is 2. The molecule has 1 aliphatic rings. The van der Waals surface area contributed by atoms with Crippen molar-refractivity contribution in [3.05, 3.63) is 52.3 Å². The quantitative estimate of drug-likeness (QED) is 0.945. The Kier molecular flexibility index (Phi) is 3.83. The second-order valence-electron chi connectivity index (χ2n) is 5.32. The van der Waals surface area contributed by atoms with Gasteiger partial charge in [-0.15, -0.1) is 0 Å². The van der Waals surface area contributed by atoms with Gasteiger partial charge in [0.15, 0.2) is 0 Å². The Morgan fingerprint density at radius 1 is 1.45 bits per heavy atom. The lowest BCUT2D eigenvalue weighted by molar-refractivity contribution is 0.173. The predicted octanol–water partition coefficient (Wildman–Crippen LogP) is 2.90. The second kappa shape index (κ2) is 5.60. The summed E-state index contributed by atoms with van der Waals surface area (Å²) in [5.41, 5.74) is 1.95. The third kappa shape index (κ3) is 2.90. The van der Waals surface area contributed by atoms with Gasteiger partial charge in [0.2, 0.25) is 0 Å². The van der Waals surface area contributed by atoms with Crippen molar-refractivity contribution in [2.45, 2.75) is 32.0 Å². The number of hydrogen-bond acceptors (Lipinski definition) is 4. The molecule has 106 valence electrons. The summed E-state index contributed by atoms with van der Waals surface area (Å²) in [6.45, 7) is 3.35. The number of β-amino-alcohol motifs (C(OH)–C–C–N with tert-alkyl or cyclic N) is 1. The van der Waals surface area contributed by atoms with Gasteiger partial charge >= 0.3 is 0 Å². The van der Waals surface area contributed by atoms with E-state index in [1.807, 2.05) is 13.0 Å². The second-order valence-corrected chi connectivity index (χ2v) is 6.21. The normalized spacial score (nSPS) is 23.4. The summed E-state index contributed by atoms with van der Waals surface area (Å²) in [5.74, 6) is -0.225. The number of aliphatic hydroxyl groups is 1. The minimum absolute atomic E-state index is 0.0723. The van der Waals surface area contributed by atoms with Crippen LogP contribution in [-0.4, -0.2) is 27.0 Å².